The highest BCUT2D eigenvalue weighted by molar-refractivity contribution is 6.08. The summed E-state index contributed by atoms with van der Waals surface area (Å²) in [6.45, 7) is 0. The molecule has 3 heteroatoms. The first-order valence-electron chi connectivity index (χ1n) is 18.1. The molecule has 0 aliphatic heterocycles. The van der Waals surface area contributed by atoms with E-state index in [4.69, 9.17) is 0 Å². The molecule has 0 aliphatic rings. The Kier molecular flexibility index (Phi) is 8.61. The number of nitriles is 1. The smallest absolute Gasteiger partial charge is 0.0991 e. The molecule has 9 rings (SSSR count). The predicted octanol–water partition coefficient (Wildman–Crippen LogP) is 14.1. The molecule has 0 spiro atoms. The summed E-state index contributed by atoms with van der Waals surface area (Å²) in [7, 11) is 0. The first-order chi connectivity index (χ1) is 26.7. The van der Waals surface area contributed by atoms with Crippen molar-refractivity contribution in [1.29, 1.82) is 5.26 Å². The molecule has 9 aromatic carbocycles. The van der Waals surface area contributed by atoms with Gasteiger partial charge in [-0.25, -0.2) is 0 Å². The van der Waals surface area contributed by atoms with Crippen molar-refractivity contribution in [2.24, 2.45) is 0 Å². The highest BCUT2D eigenvalue weighted by Crippen LogP contribution is 2.43. The maximum absolute atomic E-state index is 9.38. The van der Waals surface area contributed by atoms with Crippen LogP contribution in [0, 0.1) is 11.3 Å². The first kappa shape index (κ1) is 32.5. The largest absolute Gasteiger partial charge is 0.310 e. The molecule has 0 bridgehead atoms. The minimum Gasteiger partial charge on any atom is -0.310 e. The lowest BCUT2D eigenvalue weighted by atomic mass is 9.95. The molecule has 0 atom stereocenters. The van der Waals surface area contributed by atoms with Crippen LogP contribution in [-0.4, -0.2) is 0 Å². The van der Waals surface area contributed by atoms with Crippen LogP contribution in [0.15, 0.2) is 212 Å². The van der Waals surface area contributed by atoms with Gasteiger partial charge >= 0.3 is 0 Å². The van der Waals surface area contributed by atoms with Crippen LogP contribution < -0.4 is 9.80 Å². The Labute approximate surface area is 315 Å². The third-order valence-electron chi connectivity index (χ3n) is 9.99. The Balaban J connectivity index is 1.17. The van der Waals surface area contributed by atoms with Gasteiger partial charge in [0.25, 0.3) is 0 Å². The van der Waals surface area contributed by atoms with Crippen molar-refractivity contribution in [2.75, 3.05) is 9.80 Å². The molecule has 0 aliphatic carbocycles. The monoisotopic (exact) mass is 689 g/mol. The molecule has 0 heterocycles. The fourth-order valence-electron chi connectivity index (χ4n) is 7.40. The van der Waals surface area contributed by atoms with E-state index in [2.05, 4.69) is 216 Å². The van der Waals surface area contributed by atoms with Crippen molar-refractivity contribution in [1.82, 2.24) is 0 Å². The second-order valence-electron chi connectivity index (χ2n) is 13.4. The van der Waals surface area contributed by atoms with Gasteiger partial charge < -0.3 is 9.80 Å². The van der Waals surface area contributed by atoms with E-state index in [1.807, 2.05) is 12.1 Å². The highest BCUT2D eigenvalue weighted by Gasteiger charge is 2.19. The van der Waals surface area contributed by atoms with Gasteiger partial charge in [-0.05, 0) is 129 Å². The summed E-state index contributed by atoms with van der Waals surface area (Å²) < 4.78 is 0. The van der Waals surface area contributed by atoms with Crippen LogP contribution in [0.25, 0.3) is 43.8 Å². The number of rotatable bonds is 8. The molecule has 54 heavy (non-hydrogen) atoms. The molecule has 0 fully saturated rings. The van der Waals surface area contributed by atoms with E-state index in [1.54, 1.807) is 0 Å². The van der Waals surface area contributed by atoms with Gasteiger partial charge in [-0.3, -0.25) is 0 Å². The van der Waals surface area contributed by atoms with E-state index in [0.717, 1.165) is 67.2 Å². The van der Waals surface area contributed by atoms with Crippen LogP contribution >= 0.6 is 0 Å². The van der Waals surface area contributed by atoms with Crippen LogP contribution in [-0.2, 0) is 0 Å². The fraction of sp³-hybridized carbons (Fsp3) is 0. The Morgan fingerprint density at radius 2 is 0.685 bits per heavy atom. The highest BCUT2D eigenvalue weighted by atomic mass is 15.2. The minimum atomic E-state index is 0.678. The topological polar surface area (TPSA) is 30.3 Å². The van der Waals surface area contributed by atoms with Crippen LogP contribution in [0.1, 0.15) is 5.56 Å². The van der Waals surface area contributed by atoms with E-state index in [0.29, 0.717) is 5.56 Å². The van der Waals surface area contributed by atoms with Gasteiger partial charge in [-0.15, -0.1) is 0 Å². The zero-order valence-electron chi connectivity index (χ0n) is 29.5. The molecule has 0 unspecified atom stereocenters. The molecule has 0 saturated carbocycles. The summed E-state index contributed by atoms with van der Waals surface area (Å²) in [5, 5.41) is 14.0. The van der Waals surface area contributed by atoms with Crippen molar-refractivity contribution in [2.45, 2.75) is 0 Å². The molecule has 0 saturated heterocycles. The van der Waals surface area contributed by atoms with Crippen molar-refractivity contribution in [3.8, 4) is 28.3 Å². The molecule has 3 nitrogen and oxygen atoms in total. The van der Waals surface area contributed by atoms with Crippen LogP contribution in [0.5, 0.6) is 0 Å². The van der Waals surface area contributed by atoms with E-state index >= 15 is 0 Å². The average Bonchev–Trinajstić information content (AvgIpc) is 3.25. The second kappa shape index (κ2) is 14.3. The Hall–Kier alpha value is -7.41. The van der Waals surface area contributed by atoms with Crippen molar-refractivity contribution in [3.05, 3.63) is 218 Å². The molecule has 0 amide bonds. The van der Waals surface area contributed by atoms with Crippen LogP contribution in [0.4, 0.5) is 34.1 Å². The maximum atomic E-state index is 9.38. The zero-order chi connectivity index (χ0) is 36.3. The Morgan fingerprint density at radius 3 is 1.13 bits per heavy atom. The number of fused-ring (bicyclic) bond motifs is 3. The van der Waals surface area contributed by atoms with Gasteiger partial charge in [0.2, 0.25) is 0 Å². The number of nitrogens with zero attached hydrogens (tertiary/aromatic N) is 3. The minimum absolute atomic E-state index is 0.678. The standard InChI is InChI=1S/C51H35N3/c52-36-37-21-29-50-41(31-37)26-27-42-32-40(28-30-51(42)50)38-22-24-39(25-23-38)43-33-48(53(44-13-5-1-6-14-44)45-15-7-2-8-16-45)35-49(34-43)54(46-17-9-3-10-18-46)47-19-11-4-12-20-47/h1-35H. The van der Waals surface area contributed by atoms with E-state index < -0.39 is 0 Å². The molecule has 0 aromatic heterocycles. The fourth-order valence-corrected chi connectivity index (χ4v) is 7.40. The lowest BCUT2D eigenvalue weighted by Gasteiger charge is -2.30. The number of anilines is 6. The zero-order valence-corrected chi connectivity index (χ0v) is 29.5. The SMILES string of the molecule is N#Cc1ccc2c(ccc3cc(-c4ccc(-c5cc(N(c6ccccc6)c6ccccc6)cc(N(c6ccccc6)c6ccccc6)c5)cc4)ccc32)c1. The molecule has 254 valence electrons. The van der Waals surface area contributed by atoms with Crippen LogP contribution in [0.2, 0.25) is 0 Å². The normalized spacial score (nSPS) is 10.9. The molecule has 0 radical (unpaired) electrons. The van der Waals surface area contributed by atoms with Crippen molar-refractivity contribution >= 4 is 55.7 Å². The summed E-state index contributed by atoms with van der Waals surface area (Å²) in [6, 6.07) is 77.2. The van der Waals surface area contributed by atoms with Crippen LogP contribution in [0.3, 0.4) is 0 Å². The number of hydrogen-bond acceptors (Lipinski definition) is 3. The van der Waals surface area contributed by atoms with Gasteiger partial charge in [0.05, 0.1) is 11.6 Å². The number of benzene rings is 9. The summed E-state index contributed by atoms with van der Waals surface area (Å²) >= 11 is 0. The molecular formula is C51H35N3. The van der Waals surface area contributed by atoms with Crippen molar-refractivity contribution < 1.29 is 0 Å². The van der Waals surface area contributed by atoms with Gasteiger partial charge in [-0.2, -0.15) is 5.26 Å². The number of hydrogen-bond donors (Lipinski definition) is 0. The van der Waals surface area contributed by atoms with Crippen molar-refractivity contribution in [3.63, 3.8) is 0 Å². The number of para-hydroxylation sites is 4. The summed E-state index contributed by atoms with van der Waals surface area (Å²) in [5.41, 5.74) is 11.7. The lowest BCUT2D eigenvalue weighted by Crippen LogP contribution is -2.13. The summed E-state index contributed by atoms with van der Waals surface area (Å²) in [6.07, 6.45) is 0. The Morgan fingerprint density at radius 1 is 0.296 bits per heavy atom. The third-order valence-corrected chi connectivity index (χ3v) is 9.99. The molecule has 9 aromatic rings. The van der Waals surface area contributed by atoms with Gasteiger partial charge in [0.15, 0.2) is 0 Å². The van der Waals surface area contributed by atoms with Gasteiger partial charge in [0, 0.05) is 34.1 Å². The van der Waals surface area contributed by atoms with E-state index in [1.165, 1.54) is 10.8 Å². The summed E-state index contributed by atoms with van der Waals surface area (Å²) in [4.78, 5) is 4.66. The first-order valence-corrected chi connectivity index (χ1v) is 18.1. The van der Waals surface area contributed by atoms with Gasteiger partial charge in [0.1, 0.15) is 0 Å². The van der Waals surface area contributed by atoms with E-state index in [9.17, 15) is 5.26 Å². The quantitative estimate of drug-likeness (QED) is 0.149. The third kappa shape index (κ3) is 6.34. The second-order valence-corrected chi connectivity index (χ2v) is 13.4. The Bertz CT molecular complexity index is 2580. The maximum Gasteiger partial charge on any atom is 0.0991 e. The molecule has 0 N–H and O–H groups in total. The molecular weight excluding hydrogens is 655 g/mol. The average molecular weight is 690 g/mol. The van der Waals surface area contributed by atoms with E-state index in [-0.39, 0.29) is 0 Å². The summed E-state index contributed by atoms with van der Waals surface area (Å²) in [5.74, 6) is 0. The van der Waals surface area contributed by atoms with Gasteiger partial charge in [-0.1, -0.05) is 127 Å². The lowest BCUT2D eigenvalue weighted by molar-refractivity contribution is 1.25. The predicted molar refractivity (Wildman–Crippen MR) is 226 cm³/mol.